The molecule has 3 N–H and O–H groups in total. The molecule has 1 aliphatic heterocycles. The number of anilines is 1. The van der Waals surface area contributed by atoms with Gasteiger partial charge in [-0.25, -0.2) is 13.4 Å². The summed E-state index contributed by atoms with van der Waals surface area (Å²) in [6, 6.07) is 9.62. The predicted octanol–water partition coefficient (Wildman–Crippen LogP) is 1.65. The summed E-state index contributed by atoms with van der Waals surface area (Å²) >= 11 is 5.97. The molecule has 1 fully saturated rings. The van der Waals surface area contributed by atoms with Crippen molar-refractivity contribution in [2.45, 2.75) is 4.90 Å². The van der Waals surface area contributed by atoms with Gasteiger partial charge in [-0.3, -0.25) is 24.9 Å². The van der Waals surface area contributed by atoms with Crippen LogP contribution in [0.2, 0.25) is 0 Å². The number of amides is 2. The Hall–Kier alpha value is -3.35. The Kier molecular flexibility index (Phi) is 5.20. The van der Waals surface area contributed by atoms with Crippen molar-refractivity contribution in [1.29, 1.82) is 0 Å². The van der Waals surface area contributed by atoms with Crippen LogP contribution in [0.4, 0.5) is 5.13 Å². The first-order valence-corrected chi connectivity index (χ1v) is 11.2. The fourth-order valence-corrected chi connectivity index (χ4v) is 4.71. The molecule has 0 spiro atoms. The summed E-state index contributed by atoms with van der Waals surface area (Å²) in [5.74, 6) is -1.18. The number of carbonyl (C=O) groups is 2. The third-order valence-electron chi connectivity index (χ3n) is 4.10. The van der Waals surface area contributed by atoms with Gasteiger partial charge < -0.3 is 4.57 Å². The van der Waals surface area contributed by atoms with Gasteiger partial charge in [-0.05, 0) is 54.7 Å². The number of sulfonamides is 1. The van der Waals surface area contributed by atoms with Crippen LogP contribution >= 0.6 is 23.6 Å². The van der Waals surface area contributed by atoms with Crippen molar-refractivity contribution in [1.82, 2.24) is 20.2 Å². The zero-order valence-corrected chi connectivity index (χ0v) is 17.5. The average Bonchev–Trinajstić information content (AvgIpc) is 3.36. The summed E-state index contributed by atoms with van der Waals surface area (Å²) in [4.78, 5) is 28.1. The van der Waals surface area contributed by atoms with Crippen LogP contribution in [0.5, 0.6) is 0 Å². The molecule has 0 bridgehead atoms. The van der Waals surface area contributed by atoms with Crippen LogP contribution < -0.4 is 15.4 Å². The van der Waals surface area contributed by atoms with Crippen molar-refractivity contribution in [2.75, 3.05) is 4.72 Å². The maximum Gasteiger partial charge on any atom is 0.263 e. The number of rotatable bonds is 5. The molecule has 2 aromatic heterocycles. The number of nitrogens with one attached hydrogen (secondary N) is 3. The van der Waals surface area contributed by atoms with E-state index in [1.165, 1.54) is 35.7 Å². The Labute approximate surface area is 180 Å². The van der Waals surface area contributed by atoms with E-state index in [4.69, 9.17) is 12.2 Å². The molecule has 152 valence electrons. The van der Waals surface area contributed by atoms with Crippen LogP contribution in [0.1, 0.15) is 5.69 Å². The quantitative estimate of drug-likeness (QED) is 0.303. The van der Waals surface area contributed by atoms with Crippen molar-refractivity contribution >= 4 is 61.7 Å². The first-order valence-electron chi connectivity index (χ1n) is 8.42. The molecule has 9 nitrogen and oxygen atoms in total. The van der Waals surface area contributed by atoms with Crippen molar-refractivity contribution in [3.05, 3.63) is 65.4 Å². The number of carbonyl (C=O) groups excluding carboxylic acids is 2. The van der Waals surface area contributed by atoms with E-state index in [0.717, 1.165) is 0 Å². The molecule has 0 unspecified atom stereocenters. The number of aromatic nitrogens is 2. The Morgan fingerprint density at radius 3 is 2.43 bits per heavy atom. The summed E-state index contributed by atoms with van der Waals surface area (Å²) in [5, 5.41) is 6.67. The standard InChI is InChI=1S/C18H13N5O4S3/c24-15-14(16(25)21-17(28)20-15)10-12-2-1-8-23(12)11-3-5-13(6-4-11)30(26,27)22-18-19-7-9-29-18/h1-10H,(H,19,22)(H2,20,21,24,25,28). The molecule has 1 saturated heterocycles. The minimum atomic E-state index is -3.76. The SMILES string of the molecule is O=C1NC(=S)NC(=O)C1=Cc1cccn1-c1ccc(S(=O)(=O)Nc2nccs2)cc1. The lowest BCUT2D eigenvalue weighted by Crippen LogP contribution is -2.51. The van der Waals surface area contributed by atoms with Gasteiger partial charge in [-0.2, -0.15) is 0 Å². The van der Waals surface area contributed by atoms with Gasteiger partial charge in [0.05, 0.1) is 4.90 Å². The van der Waals surface area contributed by atoms with E-state index in [1.807, 2.05) is 0 Å². The third kappa shape index (κ3) is 4.01. The van der Waals surface area contributed by atoms with Crippen LogP contribution in [-0.2, 0) is 19.6 Å². The summed E-state index contributed by atoms with van der Waals surface area (Å²) in [5.41, 5.74) is 1.11. The Balaban J connectivity index is 1.62. The monoisotopic (exact) mass is 459 g/mol. The molecule has 0 aliphatic carbocycles. The summed E-state index contributed by atoms with van der Waals surface area (Å²) in [6.45, 7) is 0. The molecular weight excluding hydrogens is 446 g/mol. The van der Waals surface area contributed by atoms with E-state index in [2.05, 4.69) is 20.3 Å². The van der Waals surface area contributed by atoms with Crippen LogP contribution in [-0.4, -0.2) is 34.9 Å². The first-order chi connectivity index (χ1) is 14.3. The van der Waals surface area contributed by atoms with E-state index in [1.54, 1.807) is 40.4 Å². The van der Waals surface area contributed by atoms with Gasteiger partial charge in [0.15, 0.2) is 10.2 Å². The number of thiazole rings is 1. The van der Waals surface area contributed by atoms with E-state index in [0.29, 0.717) is 11.4 Å². The minimum absolute atomic E-state index is 0.0410. The summed E-state index contributed by atoms with van der Waals surface area (Å²) in [6.07, 6.45) is 4.67. The molecule has 4 rings (SSSR count). The highest BCUT2D eigenvalue weighted by Crippen LogP contribution is 2.21. The second kappa shape index (κ2) is 7.82. The van der Waals surface area contributed by atoms with Gasteiger partial charge >= 0.3 is 0 Å². The van der Waals surface area contributed by atoms with Crippen molar-refractivity contribution in [3.63, 3.8) is 0 Å². The Morgan fingerprint density at radius 1 is 1.10 bits per heavy atom. The van der Waals surface area contributed by atoms with E-state index in [9.17, 15) is 18.0 Å². The zero-order chi connectivity index (χ0) is 21.3. The molecular formula is C18H13N5O4S3. The molecule has 2 amide bonds. The highest BCUT2D eigenvalue weighted by Gasteiger charge is 2.26. The second-order valence-corrected chi connectivity index (χ2v) is 9.02. The fraction of sp³-hybridized carbons (Fsp3) is 0. The molecule has 3 aromatic rings. The lowest BCUT2D eigenvalue weighted by atomic mass is 10.1. The Bertz CT molecular complexity index is 1250. The number of hydrogen-bond acceptors (Lipinski definition) is 7. The number of hydrogen-bond donors (Lipinski definition) is 3. The molecule has 3 heterocycles. The van der Waals surface area contributed by atoms with Crippen LogP contribution in [0.3, 0.4) is 0 Å². The number of nitrogens with zero attached hydrogens (tertiary/aromatic N) is 2. The largest absolute Gasteiger partial charge is 0.317 e. The maximum absolute atomic E-state index is 12.5. The number of thiocarbonyl (C=S) groups is 1. The second-order valence-electron chi connectivity index (χ2n) is 6.04. The van der Waals surface area contributed by atoms with Gasteiger partial charge in [0, 0.05) is 29.2 Å². The van der Waals surface area contributed by atoms with Crippen molar-refractivity contribution in [3.8, 4) is 5.69 Å². The lowest BCUT2D eigenvalue weighted by Gasteiger charge is -2.16. The highest BCUT2D eigenvalue weighted by atomic mass is 32.2. The van der Waals surface area contributed by atoms with Crippen molar-refractivity contribution in [2.24, 2.45) is 0 Å². The Morgan fingerprint density at radius 2 is 1.80 bits per heavy atom. The van der Waals surface area contributed by atoms with Gasteiger partial charge in [0.2, 0.25) is 0 Å². The normalized spacial score (nSPS) is 14.3. The van der Waals surface area contributed by atoms with Crippen LogP contribution in [0.25, 0.3) is 11.8 Å². The van der Waals surface area contributed by atoms with Gasteiger partial charge in [-0.15, -0.1) is 11.3 Å². The highest BCUT2D eigenvalue weighted by molar-refractivity contribution is 7.93. The smallest absolute Gasteiger partial charge is 0.263 e. The summed E-state index contributed by atoms with van der Waals surface area (Å²) in [7, 11) is -3.76. The predicted molar refractivity (Wildman–Crippen MR) is 116 cm³/mol. The van der Waals surface area contributed by atoms with E-state index < -0.39 is 21.8 Å². The van der Waals surface area contributed by atoms with Crippen LogP contribution in [0.15, 0.2) is 64.6 Å². The fourth-order valence-electron chi connectivity index (χ4n) is 2.73. The van der Waals surface area contributed by atoms with Crippen LogP contribution in [0, 0.1) is 0 Å². The minimum Gasteiger partial charge on any atom is -0.317 e. The topological polar surface area (TPSA) is 122 Å². The molecule has 0 saturated carbocycles. The average molecular weight is 460 g/mol. The lowest BCUT2D eigenvalue weighted by molar-refractivity contribution is -0.123. The molecule has 12 heteroatoms. The zero-order valence-electron chi connectivity index (χ0n) is 15.0. The molecule has 0 radical (unpaired) electrons. The third-order valence-corrected chi connectivity index (χ3v) is 6.47. The molecule has 30 heavy (non-hydrogen) atoms. The maximum atomic E-state index is 12.5. The van der Waals surface area contributed by atoms with Crippen molar-refractivity contribution < 1.29 is 18.0 Å². The van der Waals surface area contributed by atoms with Gasteiger partial charge in [0.25, 0.3) is 21.8 Å². The van der Waals surface area contributed by atoms with Gasteiger partial charge in [0.1, 0.15) is 5.57 Å². The number of benzene rings is 1. The van der Waals surface area contributed by atoms with Gasteiger partial charge in [-0.1, -0.05) is 0 Å². The van der Waals surface area contributed by atoms with E-state index in [-0.39, 0.29) is 20.7 Å². The first kappa shape index (κ1) is 19.9. The van der Waals surface area contributed by atoms with E-state index >= 15 is 0 Å². The molecule has 0 atom stereocenters. The molecule has 1 aliphatic rings. The molecule has 1 aromatic carbocycles. The summed E-state index contributed by atoms with van der Waals surface area (Å²) < 4.78 is 29.1.